The van der Waals surface area contributed by atoms with Crippen LogP contribution in [-0.4, -0.2) is 13.1 Å². The van der Waals surface area contributed by atoms with Crippen molar-refractivity contribution in [3.05, 3.63) is 29.8 Å². The molecule has 1 aliphatic rings. The largest absolute Gasteiger partial charge is 0.372 e. The molecule has 1 heterocycles. The van der Waals surface area contributed by atoms with E-state index >= 15 is 0 Å². The van der Waals surface area contributed by atoms with Gasteiger partial charge in [0, 0.05) is 18.8 Å². The predicted molar refractivity (Wildman–Crippen MR) is 98.8 cm³/mol. The van der Waals surface area contributed by atoms with E-state index in [0.29, 0.717) is 5.41 Å². The van der Waals surface area contributed by atoms with Gasteiger partial charge in [0.2, 0.25) is 0 Å². The summed E-state index contributed by atoms with van der Waals surface area (Å²) in [4.78, 5) is 2.57. The SMILES string of the molecule is CC(C)(C)CCC1CCN(c2ccc(C(C)(C)C)cc2)CC1. The molecule has 0 atom stereocenters. The molecule has 0 aromatic heterocycles. The first kappa shape index (κ1) is 17.4. The van der Waals surface area contributed by atoms with Crippen LogP contribution in [0.3, 0.4) is 0 Å². The summed E-state index contributed by atoms with van der Waals surface area (Å²) >= 11 is 0. The second kappa shape index (κ2) is 6.64. The molecule has 22 heavy (non-hydrogen) atoms. The number of nitrogens with zero attached hydrogens (tertiary/aromatic N) is 1. The summed E-state index contributed by atoms with van der Waals surface area (Å²) in [6.45, 7) is 16.4. The van der Waals surface area contributed by atoms with Crippen LogP contribution in [-0.2, 0) is 5.41 Å². The molecule has 0 N–H and O–H groups in total. The smallest absolute Gasteiger partial charge is 0.0366 e. The zero-order valence-electron chi connectivity index (χ0n) is 15.6. The van der Waals surface area contributed by atoms with Crippen molar-refractivity contribution in [3.8, 4) is 0 Å². The topological polar surface area (TPSA) is 3.24 Å². The van der Waals surface area contributed by atoms with Gasteiger partial charge in [0.25, 0.3) is 0 Å². The standard InChI is InChI=1S/C21H35N/c1-20(2,3)14-11-17-12-15-22(16-13-17)19-9-7-18(8-10-19)21(4,5)6/h7-10,17H,11-16H2,1-6H3. The Labute approximate surface area is 138 Å². The third-order valence-electron chi connectivity index (χ3n) is 5.02. The highest BCUT2D eigenvalue weighted by Gasteiger charge is 2.22. The second-order valence-corrected chi connectivity index (χ2v) is 9.33. The molecule has 1 heteroatoms. The Bertz CT molecular complexity index is 450. The lowest BCUT2D eigenvalue weighted by molar-refractivity contribution is 0.292. The Morgan fingerprint density at radius 1 is 0.909 bits per heavy atom. The molecule has 1 saturated heterocycles. The lowest BCUT2D eigenvalue weighted by atomic mass is 9.83. The molecule has 1 aromatic carbocycles. The molecule has 0 radical (unpaired) electrons. The van der Waals surface area contributed by atoms with Crippen molar-refractivity contribution >= 4 is 5.69 Å². The summed E-state index contributed by atoms with van der Waals surface area (Å²) in [7, 11) is 0. The molecule has 0 amide bonds. The number of rotatable bonds is 3. The van der Waals surface area contributed by atoms with E-state index < -0.39 is 0 Å². The quantitative estimate of drug-likeness (QED) is 0.659. The molecule has 1 aromatic rings. The van der Waals surface area contributed by atoms with Gasteiger partial charge in [-0.25, -0.2) is 0 Å². The van der Waals surface area contributed by atoms with Gasteiger partial charge in [0.15, 0.2) is 0 Å². The Morgan fingerprint density at radius 3 is 1.91 bits per heavy atom. The van der Waals surface area contributed by atoms with Crippen LogP contribution >= 0.6 is 0 Å². The second-order valence-electron chi connectivity index (χ2n) is 9.33. The van der Waals surface area contributed by atoms with Crippen LogP contribution in [0.2, 0.25) is 0 Å². The van der Waals surface area contributed by atoms with Crippen molar-refractivity contribution in [2.24, 2.45) is 11.3 Å². The molecule has 0 unspecified atom stereocenters. The van der Waals surface area contributed by atoms with Gasteiger partial charge in [0.1, 0.15) is 0 Å². The fourth-order valence-electron chi connectivity index (χ4n) is 3.29. The molecule has 124 valence electrons. The number of hydrogen-bond donors (Lipinski definition) is 0. The van der Waals surface area contributed by atoms with Gasteiger partial charge in [-0.1, -0.05) is 53.7 Å². The highest BCUT2D eigenvalue weighted by molar-refractivity contribution is 5.48. The van der Waals surface area contributed by atoms with E-state index in [1.54, 1.807) is 0 Å². The summed E-state index contributed by atoms with van der Waals surface area (Å²) in [6.07, 6.45) is 5.48. The average Bonchev–Trinajstić information content (AvgIpc) is 2.44. The zero-order valence-corrected chi connectivity index (χ0v) is 15.6. The summed E-state index contributed by atoms with van der Waals surface area (Å²) in [5.41, 5.74) is 3.57. The highest BCUT2D eigenvalue weighted by Crippen LogP contribution is 2.31. The monoisotopic (exact) mass is 301 g/mol. The van der Waals surface area contributed by atoms with Crippen molar-refractivity contribution < 1.29 is 0 Å². The maximum Gasteiger partial charge on any atom is 0.0366 e. The molecule has 0 aliphatic carbocycles. The summed E-state index contributed by atoms with van der Waals surface area (Å²) < 4.78 is 0. The van der Waals surface area contributed by atoms with Crippen molar-refractivity contribution in [2.75, 3.05) is 18.0 Å². The van der Waals surface area contributed by atoms with Crippen molar-refractivity contribution in [3.63, 3.8) is 0 Å². The fraction of sp³-hybridized carbons (Fsp3) is 0.714. The maximum atomic E-state index is 2.57. The third kappa shape index (κ3) is 5.04. The van der Waals surface area contributed by atoms with Gasteiger partial charge >= 0.3 is 0 Å². The molecule has 1 nitrogen and oxygen atoms in total. The van der Waals surface area contributed by atoms with Crippen LogP contribution in [0.15, 0.2) is 24.3 Å². The van der Waals surface area contributed by atoms with Crippen LogP contribution in [0.5, 0.6) is 0 Å². The Balaban J connectivity index is 1.86. The van der Waals surface area contributed by atoms with E-state index in [2.05, 4.69) is 70.7 Å². The first-order valence-electron chi connectivity index (χ1n) is 9.01. The van der Waals surface area contributed by atoms with E-state index in [-0.39, 0.29) is 5.41 Å². The van der Waals surface area contributed by atoms with Crippen molar-refractivity contribution in [1.82, 2.24) is 0 Å². The number of hydrogen-bond acceptors (Lipinski definition) is 1. The van der Waals surface area contributed by atoms with Gasteiger partial charge < -0.3 is 4.90 Å². The lowest BCUT2D eigenvalue weighted by Crippen LogP contribution is -2.34. The van der Waals surface area contributed by atoms with Crippen LogP contribution < -0.4 is 4.90 Å². The molecule has 0 spiro atoms. The Hall–Kier alpha value is -0.980. The summed E-state index contributed by atoms with van der Waals surface area (Å²) in [6, 6.07) is 9.24. The van der Waals surface area contributed by atoms with Gasteiger partial charge in [-0.2, -0.15) is 0 Å². The summed E-state index contributed by atoms with van der Waals surface area (Å²) in [5.74, 6) is 0.935. The third-order valence-corrected chi connectivity index (χ3v) is 5.02. The number of benzene rings is 1. The van der Waals surface area contributed by atoms with Crippen LogP contribution in [0.4, 0.5) is 5.69 Å². The minimum Gasteiger partial charge on any atom is -0.372 e. The molecule has 2 rings (SSSR count). The Morgan fingerprint density at radius 2 is 1.45 bits per heavy atom. The molecule has 0 saturated carbocycles. The van der Waals surface area contributed by atoms with Gasteiger partial charge in [-0.15, -0.1) is 0 Å². The minimum absolute atomic E-state index is 0.248. The maximum absolute atomic E-state index is 2.57. The lowest BCUT2D eigenvalue weighted by Gasteiger charge is -2.35. The first-order chi connectivity index (χ1) is 10.1. The fourth-order valence-corrected chi connectivity index (χ4v) is 3.29. The average molecular weight is 302 g/mol. The predicted octanol–water partition coefficient (Wildman–Crippen LogP) is 6.03. The number of piperidine rings is 1. The number of anilines is 1. The van der Waals surface area contributed by atoms with Gasteiger partial charge in [0.05, 0.1) is 0 Å². The van der Waals surface area contributed by atoms with Gasteiger partial charge in [-0.3, -0.25) is 0 Å². The molecular formula is C21H35N. The van der Waals surface area contributed by atoms with Crippen molar-refractivity contribution in [1.29, 1.82) is 0 Å². The first-order valence-corrected chi connectivity index (χ1v) is 9.01. The normalized spacial score (nSPS) is 17.8. The molecule has 1 aliphatic heterocycles. The summed E-state index contributed by atoms with van der Waals surface area (Å²) in [5, 5.41) is 0. The van der Waals surface area contributed by atoms with E-state index in [0.717, 1.165) is 5.92 Å². The highest BCUT2D eigenvalue weighted by atomic mass is 15.1. The van der Waals surface area contributed by atoms with Gasteiger partial charge in [-0.05, 0) is 60.1 Å². The molecule has 0 bridgehead atoms. The van der Waals surface area contributed by atoms with E-state index in [9.17, 15) is 0 Å². The van der Waals surface area contributed by atoms with Crippen LogP contribution in [0.1, 0.15) is 72.8 Å². The Kier molecular flexibility index (Phi) is 5.25. The molecular weight excluding hydrogens is 266 g/mol. The molecule has 1 fully saturated rings. The van der Waals surface area contributed by atoms with Crippen LogP contribution in [0, 0.1) is 11.3 Å². The van der Waals surface area contributed by atoms with E-state index in [1.807, 2.05) is 0 Å². The van der Waals surface area contributed by atoms with E-state index in [4.69, 9.17) is 0 Å². The minimum atomic E-state index is 0.248. The van der Waals surface area contributed by atoms with E-state index in [1.165, 1.54) is 50.0 Å². The van der Waals surface area contributed by atoms with Crippen LogP contribution in [0.25, 0.3) is 0 Å². The zero-order chi connectivity index (χ0) is 16.4. The van der Waals surface area contributed by atoms with Crippen molar-refractivity contribution in [2.45, 2.75) is 72.6 Å².